The summed E-state index contributed by atoms with van der Waals surface area (Å²) < 4.78 is 0. The molecule has 4 nitrogen and oxygen atoms in total. The number of hydrogen-bond acceptors (Lipinski definition) is 4. The Morgan fingerprint density at radius 2 is 1.85 bits per heavy atom. The van der Waals surface area contributed by atoms with Gasteiger partial charge in [-0.05, 0) is 57.7 Å². The van der Waals surface area contributed by atoms with E-state index < -0.39 is 0 Å². The van der Waals surface area contributed by atoms with Gasteiger partial charge in [0.15, 0.2) is 0 Å². The van der Waals surface area contributed by atoms with Crippen LogP contribution in [0.5, 0.6) is 0 Å². The Hall–Kier alpha value is -1.13. The molecule has 0 saturated carbocycles. The molecule has 1 N–H and O–H groups in total. The average molecular weight is 278 g/mol. The zero-order valence-corrected chi connectivity index (χ0v) is 13.7. The molecule has 0 atom stereocenters. The summed E-state index contributed by atoms with van der Waals surface area (Å²) in [5.74, 6) is 1.09. The summed E-state index contributed by atoms with van der Waals surface area (Å²) in [6.45, 7) is 8.37. The fourth-order valence-electron chi connectivity index (χ4n) is 2.12. The quantitative estimate of drug-likeness (QED) is 0.750. The molecule has 0 aliphatic carbocycles. The number of aryl methyl sites for hydroxylation is 1. The first-order valence-electron chi connectivity index (χ1n) is 7.63. The van der Waals surface area contributed by atoms with Crippen molar-refractivity contribution in [3.05, 3.63) is 23.4 Å². The third-order valence-corrected chi connectivity index (χ3v) is 3.36. The van der Waals surface area contributed by atoms with Crippen molar-refractivity contribution < 1.29 is 0 Å². The Labute approximate surface area is 124 Å². The first kappa shape index (κ1) is 16.9. The Morgan fingerprint density at radius 3 is 2.45 bits per heavy atom. The van der Waals surface area contributed by atoms with Crippen molar-refractivity contribution in [2.75, 3.05) is 45.7 Å². The maximum Gasteiger partial charge on any atom is 0.128 e. The predicted molar refractivity (Wildman–Crippen MR) is 87.4 cm³/mol. The average Bonchev–Trinajstić information content (AvgIpc) is 2.44. The molecule has 0 aromatic carbocycles. The van der Waals surface area contributed by atoms with Gasteiger partial charge < -0.3 is 15.1 Å². The van der Waals surface area contributed by atoms with E-state index in [-0.39, 0.29) is 0 Å². The lowest BCUT2D eigenvalue weighted by atomic mass is 10.2. The van der Waals surface area contributed by atoms with Gasteiger partial charge in [-0.15, -0.1) is 0 Å². The Balaban J connectivity index is 2.70. The molecule has 0 aliphatic heterocycles. The standard InChI is InChI=1S/C16H30N4/c1-6-15-11-14(13-17-7-2)12-16(18-15)20(5)10-8-9-19(3)4/h11-12,17H,6-10,13H2,1-5H3. The molecule has 20 heavy (non-hydrogen) atoms. The Kier molecular flexibility index (Phi) is 7.55. The van der Waals surface area contributed by atoms with Gasteiger partial charge in [-0.3, -0.25) is 0 Å². The number of rotatable bonds is 9. The lowest BCUT2D eigenvalue weighted by Crippen LogP contribution is -2.24. The second-order valence-electron chi connectivity index (χ2n) is 5.54. The van der Waals surface area contributed by atoms with Gasteiger partial charge in [0.1, 0.15) is 5.82 Å². The van der Waals surface area contributed by atoms with Crippen LogP contribution in [0.2, 0.25) is 0 Å². The van der Waals surface area contributed by atoms with Crippen LogP contribution in [0.25, 0.3) is 0 Å². The van der Waals surface area contributed by atoms with E-state index in [2.05, 4.69) is 62.2 Å². The van der Waals surface area contributed by atoms with Crippen LogP contribution in [0.3, 0.4) is 0 Å². The van der Waals surface area contributed by atoms with Crippen LogP contribution in [-0.2, 0) is 13.0 Å². The number of pyridine rings is 1. The van der Waals surface area contributed by atoms with E-state index in [0.717, 1.165) is 44.8 Å². The van der Waals surface area contributed by atoms with E-state index in [1.54, 1.807) is 0 Å². The van der Waals surface area contributed by atoms with Crippen LogP contribution in [0.15, 0.2) is 12.1 Å². The number of nitrogens with one attached hydrogen (secondary N) is 1. The van der Waals surface area contributed by atoms with Crippen LogP contribution in [0.1, 0.15) is 31.5 Å². The summed E-state index contributed by atoms with van der Waals surface area (Å²) >= 11 is 0. The summed E-state index contributed by atoms with van der Waals surface area (Å²) in [6, 6.07) is 4.41. The Morgan fingerprint density at radius 1 is 1.10 bits per heavy atom. The number of aromatic nitrogens is 1. The molecular weight excluding hydrogens is 248 g/mol. The molecule has 1 heterocycles. The minimum absolute atomic E-state index is 0.921. The van der Waals surface area contributed by atoms with E-state index in [4.69, 9.17) is 4.98 Å². The molecular formula is C16H30N4. The molecule has 1 rings (SSSR count). The van der Waals surface area contributed by atoms with Crippen molar-refractivity contribution in [3.8, 4) is 0 Å². The molecule has 0 saturated heterocycles. The molecule has 0 spiro atoms. The molecule has 114 valence electrons. The van der Waals surface area contributed by atoms with Gasteiger partial charge in [0, 0.05) is 25.8 Å². The molecule has 0 aliphatic rings. The first-order valence-corrected chi connectivity index (χ1v) is 7.63. The topological polar surface area (TPSA) is 31.4 Å². The first-order chi connectivity index (χ1) is 9.56. The third-order valence-electron chi connectivity index (χ3n) is 3.36. The highest BCUT2D eigenvalue weighted by molar-refractivity contribution is 5.42. The number of nitrogens with zero attached hydrogens (tertiary/aromatic N) is 3. The van der Waals surface area contributed by atoms with Gasteiger partial charge in [0.05, 0.1) is 0 Å². The van der Waals surface area contributed by atoms with Gasteiger partial charge in [-0.2, -0.15) is 0 Å². The van der Waals surface area contributed by atoms with Gasteiger partial charge in [0.25, 0.3) is 0 Å². The van der Waals surface area contributed by atoms with Crippen molar-refractivity contribution in [2.24, 2.45) is 0 Å². The summed E-state index contributed by atoms with van der Waals surface area (Å²) in [4.78, 5) is 9.23. The summed E-state index contributed by atoms with van der Waals surface area (Å²) in [6.07, 6.45) is 2.14. The maximum atomic E-state index is 4.74. The Bertz CT molecular complexity index is 390. The van der Waals surface area contributed by atoms with E-state index >= 15 is 0 Å². The van der Waals surface area contributed by atoms with Gasteiger partial charge >= 0.3 is 0 Å². The van der Waals surface area contributed by atoms with Crippen LogP contribution < -0.4 is 10.2 Å². The smallest absolute Gasteiger partial charge is 0.128 e. The van der Waals surface area contributed by atoms with E-state index in [9.17, 15) is 0 Å². The normalized spacial score (nSPS) is 11.1. The fourth-order valence-corrected chi connectivity index (χ4v) is 2.12. The van der Waals surface area contributed by atoms with E-state index in [1.165, 1.54) is 11.3 Å². The minimum Gasteiger partial charge on any atom is -0.360 e. The highest BCUT2D eigenvalue weighted by atomic mass is 15.2. The van der Waals surface area contributed by atoms with Crippen molar-refractivity contribution in [3.63, 3.8) is 0 Å². The third kappa shape index (κ3) is 5.88. The van der Waals surface area contributed by atoms with E-state index in [1.807, 2.05) is 0 Å². The minimum atomic E-state index is 0.921. The maximum absolute atomic E-state index is 4.74. The number of hydrogen-bond donors (Lipinski definition) is 1. The lowest BCUT2D eigenvalue weighted by Gasteiger charge is -2.21. The molecule has 1 aromatic heterocycles. The lowest BCUT2D eigenvalue weighted by molar-refractivity contribution is 0.401. The zero-order valence-electron chi connectivity index (χ0n) is 13.7. The van der Waals surface area contributed by atoms with Crippen molar-refractivity contribution in [2.45, 2.75) is 33.2 Å². The largest absolute Gasteiger partial charge is 0.360 e. The summed E-state index contributed by atoms with van der Waals surface area (Å²) in [7, 11) is 6.36. The number of anilines is 1. The second-order valence-corrected chi connectivity index (χ2v) is 5.54. The predicted octanol–water partition coefficient (Wildman–Crippen LogP) is 2.14. The van der Waals surface area contributed by atoms with Crippen LogP contribution in [0, 0.1) is 0 Å². The molecule has 1 aromatic rings. The van der Waals surface area contributed by atoms with Crippen molar-refractivity contribution in [1.82, 2.24) is 15.2 Å². The highest BCUT2D eigenvalue weighted by Gasteiger charge is 2.06. The molecule has 4 heteroatoms. The molecule has 0 amide bonds. The van der Waals surface area contributed by atoms with Crippen molar-refractivity contribution >= 4 is 5.82 Å². The summed E-state index contributed by atoms with van der Waals surface area (Å²) in [5.41, 5.74) is 2.50. The SMILES string of the molecule is CCNCc1cc(CC)nc(N(C)CCCN(C)C)c1. The van der Waals surface area contributed by atoms with Gasteiger partial charge in [-0.1, -0.05) is 13.8 Å². The highest BCUT2D eigenvalue weighted by Crippen LogP contribution is 2.15. The van der Waals surface area contributed by atoms with Gasteiger partial charge in [-0.25, -0.2) is 4.98 Å². The fraction of sp³-hybridized carbons (Fsp3) is 0.688. The van der Waals surface area contributed by atoms with E-state index in [0.29, 0.717) is 0 Å². The van der Waals surface area contributed by atoms with Crippen LogP contribution >= 0.6 is 0 Å². The monoisotopic (exact) mass is 278 g/mol. The molecule has 0 radical (unpaired) electrons. The van der Waals surface area contributed by atoms with Crippen LogP contribution in [-0.4, -0.2) is 50.7 Å². The zero-order chi connectivity index (χ0) is 15.0. The molecule has 0 bridgehead atoms. The summed E-state index contributed by atoms with van der Waals surface area (Å²) in [5, 5.41) is 3.39. The van der Waals surface area contributed by atoms with Crippen LogP contribution in [0.4, 0.5) is 5.82 Å². The van der Waals surface area contributed by atoms with Gasteiger partial charge in [0.2, 0.25) is 0 Å². The van der Waals surface area contributed by atoms with Crippen molar-refractivity contribution in [1.29, 1.82) is 0 Å². The second kappa shape index (κ2) is 8.93. The molecule has 0 unspecified atom stereocenters. The molecule has 0 fully saturated rings.